The van der Waals surface area contributed by atoms with Crippen molar-refractivity contribution in [1.82, 2.24) is 19.5 Å². The third-order valence-corrected chi connectivity index (χ3v) is 11.4. The predicted molar refractivity (Wildman–Crippen MR) is 218 cm³/mol. The van der Waals surface area contributed by atoms with Crippen molar-refractivity contribution in [2.45, 2.75) is 0 Å². The van der Waals surface area contributed by atoms with Gasteiger partial charge in [0.25, 0.3) is 0 Å². The Balaban J connectivity index is 1.20. The van der Waals surface area contributed by atoms with Crippen molar-refractivity contribution in [3.8, 4) is 39.9 Å². The summed E-state index contributed by atoms with van der Waals surface area (Å²) in [6, 6.07) is 60.0. The number of para-hydroxylation sites is 1. The number of nitrogens with zero attached hydrogens (tertiary/aromatic N) is 4. The standard InChI is InChI=1S/C47H28N4S/c1-2-14-31(15-3-1)45-48-46(32-27-25-30(26-28-32)34-22-12-16-29-13-4-5-17-33(29)34)50-47(49-45)51-39-23-10-8-20-37(39)41-35-18-6-7-19-36(35)42-38-21-9-11-24-40(38)52-44(42)43(41)51/h1-28H. The summed E-state index contributed by atoms with van der Waals surface area (Å²) in [5.41, 5.74) is 6.42. The van der Waals surface area contributed by atoms with Crippen molar-refractivity contribution in [2.75, 3.05) is 0 Å². The number of thiophene rings is 1. The van der Waals surface area contributed by atoms with Gasteiger partial charge in [-0.1, -0.05) is 158 Å². The second-order valence-corrected chi connectivity index (χ2v) is 14.2. The lowest BCUT2D eigenvalue weighted by molar-refractivity contribution is 0.955. The molecular formula is C47H28N4S. The molecule has 242 valence electrons. The molecule has 0 bridgehead atoms. The highest BCUT2D eigenvalue weighted by Gasteiger charge is 2.23. The SMILES string of the molecule is c1ccc(-c2nc(-c3ccc(-c4cccc5ccccc45)cc3)nc(-n3c4ccccc4c4c5ccccc5c5c6ccccc6sc5c43)n2)cc1. The third kappa shape index (κ3) is 4.36. The van der Waals surface area contributed by atoms with E-state index in [-0.39, 0.29) is 0 Å². The molecule has 0 aliphatic heterocycles. The van der Waals surface area contributed by atoms with Crippen molar-refractivity contribution in [3.63, 3.8) is 0 Å². The van der Waals surface area contributed by atoms with Crippen LogP contribution in [0.2, 0.25) is 0 Å². The minimum absolute atomic E-state index is 0.599. The van der Waals surface area contributed by atoms with Crippen LogP contribution in [0.15, 0.2) is 170 Å². The van der Waals surface area contributed by atoms with Gasteiger partial charge >= 0.3 is 0 Å². The van der Waals surface area contributed by atoms with Crippen LogP contribution < -0.4 is 0 Å². The van der Waals surface area contributed by atoms with Crippen LogP contribution >= 0.6 is 11.3 Å². The molecule has 0 atom stereocenters. The topological polar surface area (TPSA) is 43.6 Å². The molecule has 3 aromatic heterocycles. The van der Waals surface area contributed by atoms with Crippen molar-refractivity contribution in [1.29, 1.82) is 0 Å². The van der Waals surface area contributed by atoms with E-state index in [4.69, 9.17) is 15.0 Å². The Morgan fingerprint density at radius 2 is 0.981 bits per heavy atom. The number of hydrogen-bond donors (Lipinski definition) is 0. The summed E-state index contributed by atoms with van der Waals surface area (Å²) in [5.74, 6) is 1.87. The first-order valence-electron chi connectivity index (χ1n) is 17.5. The lowest BCUT2D eigenvalue weighted by Gasteiger charge is -2.12. The summed E-state index contributed by atoms with van der Waals surface area (Å²) in [6.45, 7) is 0. The Bertz CT molecular complexity index is 3170. The molecule has 0 fully saturated rings. The van der Waals surface area contributed by atoms with Gasteiger partial charge in [-0.15, -0.1) is 11.3 Å². The normalized spacial score (nSPS) is 11.8. The summed E-state index contributed by atoms with van der Waals surface area (Å²) in [4.78, 5) is 15.7. The summed E-state index contributed by atoms with van der Waals surface area (Å²) >= 11 is 1.84. The fourth-order valence-electron chi connectivity index (χ4n) is 7.92. The van der Waals surface area contributed by atoms with Crippen LogP contribution in [0.5, 0.6) is 0 Å². The summed E-state index contributed by atoms with van der Waals surface area (Å²) in [6.07, 6.45) is 0. The van der Waals surface area contributed by atoms with Crippen molar-refractivity contribution in [3.05, 3.63) is 170 Å². The predicted octanol–water partition coefficient (Wildman–Crippen LogP) is 12.6. The quantitative estimate of drug-likeness (QED) is 0.186. The molecule has 8 aromatic carbocycles. The molecule has 3 heterocycles. The first-order chi connectivity index (χ1) is 25.8. The van der Waals surface area contributed by atoms with Gasteiger partial charge in [-0.3, -0.25) is 4.57 Å². The number of hydrogen-bond acceptors (Lipinski definition) is 4. The van der Waals surface area contributed by atoms with E-state index in [2.05, 4.69) is 156 Å². The molecule has 11 rings (SSSR count). The fraction of sp³-hybridized carbons (Fsp3) is 0. The van der Waals surface area contributed by atoms with E-state index >= 15 is 0 Å². The Kier molecular flexibility index (Phi) is 6.39. The molecule has 4 nitrogen and oxygen atoms in total. The smallest absolute Gasteiger partial charge is 0.238 e. The third-order valence-electron chi connectivity index (χ3n) is 10.3. The maximum Gasteiger partial charge on any atom is 0.238 e. The Morgan fingerprint density at radius 3 is 1.77 bits per heavy atom. The monoisotopic (exact) mass is 680 g/mol. The van der Waals surface area contributed by atoms with Gasteiger partial charge in [0.2, 0.25) is 5.95 Å². The second kappa shape index (κ2) is 11.4. The van der Waals surface area contributed by atoms with Gasteiger partial charge in [0, 0.05) is 37.4 Å². The minimum Gasteiger partial charge on any atom is -0.276 e. The Morgan fingerprint density at radius 1 is 0.404 bits per heavy atom. The van der Waals surface area contributed by atoms with Crippen LogP contribution in [0.1, 0.15) is 0 Å². The molecule has 0 aliphatic rings. The number of rotatable bonds is 4. The van der Waals surface area contributed by atoms with Crippen molar-refractivity contribution >= 4 is 74.9 Å². The molecule has 0 amide bonds. The van der Waals surface area contributed by atoms with Gasteiger partial charge < -0.3 is 0 Å². The number of aromatic nitrogens is 4. The summed E-state index contributed by atoms with van der Waals surface area (Å²) in [7, 11) is 0. The highest BCUT2D eigenvalue weighted by Crippen LogP contribution is 2.47. The van der Waals surface area contributed by atoms with Gasteiger partial charge in [-0.2, -0.15) is 9.97 Å². The maximum absolute atomic E-state index is 5.31. The highest BCUT2D eigenvalue weighted by molar-refractivity contribution is 7.27. The Labute approximate surface area is 302 Å². The molecular weight excluding hydrogens is 653 g/mol. The molecule has 5 heteroatoms. The van der Waals surface area contributed by atoms with E-state index in [0.29, 0.717) is 17.6 Å². The molecule has 0 aliphatic carbocycles. The first-order valence-corrected chi connectivity index (χ1v) is 18.3. The Hall–Kier alpha value is -6.69. The average molecular weight is 681 g/mol. The zero-order valence-electron chi connectivity index (χ0n) is 27.9. The van der Waals surface area contributed by atoms with Crippen LogP contribution in [-0.4, -0.2) is 19.5 Å². The zero-order valence-corrected chi connectivity index (χ0v) is 28.7. The zero-order chi connectivity index (χ0) is 34.2. The number of fused-ring (bicyclic) bond motifs is 11. The van der Waals surface area contributed by atoms with Crippen LogP contribution in [0.4, 0.5) is 0 Å². The van der Waals surface area contributed by atoms with Gasteiger partial charge in [0.05, 0.1) is 15.7 Å². The van der Waals surface area contributed by atoms with Gasteiger partial charge in [0.15, 0.2) is 11.6 Å². The summed E-state index contributed by atoms with van der Waals surface area (Å²) in [5, 5.41) is 9.88. The van der Waals surface area contributed by atoms with E-state index in [1.54, 1.807) is 0 Å². The molecule has 0 unspecified atom stereocenters. The van der Waals surface area contributed by atoms with E-state index in [0.717, 1.165) is 27.7 Å². The van der Waals surface area contributed by atoms with E-state index in [9.17, 15) is 0 Å². The van der Waals surface area contributed by atoms with E-state index in [1.807, 2.05) is 29.5 Å². The van der Waals surface area contributed by atoms with Crippen LogP contribution in [0, 0.1) is 0 Å². The minimum atomic E-state index is 0.599. The van der Waals surface area contributed by atoms with Crippen molar-refractivity contribution < 1.29 is 0 Å². The molecule has 52 heavy (non-hydrogen) atoms. The number of benzene rings is 8. The highest BCUT2D eigenvalue weighted by atomic mass is 32.1. The lowest BCUT2D eigenvalue weighted by atomic mass is 9.97. The molecule has 0 spiro atoms. The summed E-state index contributed by atoms with van der Waals surface area (Å²) < 4.78 is 4.77. The van der Waals surface area contributed by atoms with Crippen LogP contribution in [0.3, 0.4) is 0 Å². The molecule has 0 saturated heterocycles. The van der Waals surface area contributed by atoms with Crippen LogP contribution in [0.25, 0.3) is 103 Å². The van der Waals surface area contributed by atoms with Crippen molar-refractivity contribution in [2.24, 2.45) is 0 Å². The lowest BCUT2D eigenvalue weighted by Crippen LogP contribution is -2.06. The second-order valence-electron chi connectivity index (χ2n) is 13.2. The molecule has 0 saturated carbocycles. The molecule has 11 aromatic rings. The van der Waals surface area contributed by atoms with Gasteiger partial charge in [-0.05, 0) is 44.8 Å². The molecule has 0 N–H and O–H groups in total. The maximum atomic E-state index is 5.31. The molecule has 0 radical (unpaired) electrons. The van der Waals surface area contributed by atoms with Gasteiger partial charge in [0.1, 0.15) is 0 Å². The fourth-order valence-corrected chi connectivity index (χ4v) is 9.18. The van der Waals surface area contributed by atoms with Gasteiger partial charge in [-0.25, -0.2) is 4.98 Å². The average Bonchev–Trinajstić information content (AvgIpc) is 3.78. The van der Waals surface area contributed by atoms with E-state index < -0.39 is 0 Å². The largest absolute Gasteiger partial charge is 0.276 e. The van der Waals surface area contributed by atoms with E-state index in [1.165, 1.54) is 58.1 Å². The first kappa shape index (κ1) is 29.1. The van der Waals surface area contributed by atoms with Crippen LogP contribution in [-0.2, 0) is 0 Å².